The lowest BCUT2D eigenvalue weighted by molar-refractivity contribution is -0.124. The number of hydrogen-bond acceptors (Lipinski definition) is 3. The second-order valence-electron chi connectivity index (χ2n) is 7.36. The van der Waals surface area contributed by atoms with Gasteiger partial charge in [-0.05, 0) is 42.0 Å². The summed E-state index contributed by atoms with van der Waals surface area (Å²) < 4.78 is 0. The lowest BCUT2D eigenvalue weighted by Crippen LogP contribution is -2.52. The van der Waals surface area contributed by atoms with Gasteiger partial charge < -0.3 is 10.6 Å². The van der Waals surface area contributed by atoms with Crippen LogP contribution in [0.25, 0.3) is 6.08 Å². The molecule has 3 aromatic carbocycles. The smallest absolute Gasteiger partial charge is 0.251 e. The number of anilines is 3. The average Bonchev–Trinajstić information content (AvgIpc) is 2.81. The number of nitrogens with zero attached hydrogens (tertiary/aromatic N) is 1. The number of nitrogens with one attached hydrogen (secondary N) is 2. The minimum atomic E-state index is -1.03. The molecular formula is C25H19Cl2N3O3. The van der Waals surface area contributed by atoms with Gasteiger partial charge in [0.05, 0.1) is 27.8 Å². The van der Waals surface area contributed by atoms with Crippen molar-refractivity contribution < 1.29 is 14.4 Å². The molecule has 2 N–H and O–H groups in total. The molecule has 8 heteroatoms. The molecule has 1 atom stereocenters. The van der Waals surface area contributed by atoms with Gasteiger partial charge in [0, 0.05) is 11.8 Å². The third-order valence-corrected chi connectivity index (χ3v) is 5.81. The number of halogens is 2. The maximum absolute atomic E-state index is 13.2. The third kappa shape index (κ3) is 5.25. The van der Waals surface area contributed by atoms with Crippen molar-refractivity contribution >= 4 is 64.1 Å². The van der Waals surface area contributed by atoms with Gasteiger partial charge in [-0.2, -0.15) is 0 Å². The molecule has 33 heavy (non-hydrogen) atoms. The first kappa shape index (κ1) is 22.6. The summed E-state index contributed by atoms with van der Waals surface area (Å²) >= 11 is 11.9. The third-order valence-electron chi connectivity index (χ3n) is 5.07. The topological polar surface area (TPSA) is 78.5 Å². The highest BCUT2D eigenvalue weighted by Gasteiger charge is 2.37. The van der Waals surface area contributed by atoms with Crippen LogP contribution in [0.15, 0.2) is 78.9 Å². The molecule has 0 aromatic heterocycles. The number of carbonyl (C=O) groups is 3. The second-order valence-corrected chi connectivity index (χ2v) is 8.17. The fourth-order valence-electron chi connectivity index (χ4n) is 3.52. The van der Waals surface area contributed by atoms with E-state index in [4.69, 9.17) is 23.2 Å². The lowest BCUT2D eigenvalue weighted by atomic mass is 10.0. The van der Waals surface area contributed by atoms with E-state index in [0.29, 0.717) is 27.1 Å². The number of fused-ring (bicyclic) bond motifs is 1. The van der Waals surface area contributed by atoms with Crippen LogP contribution in [0, 0.1) is 0 Å². The highest BCUT2D eigenvalue weighted by molar-refractivity contribution is 6.42. The first-order valence-corrected chi connectivity index (χ1v) is 10.9. The van der Waals surface area contributed by atoms with Crippen molar-refractivity contribution in [3.8, 4) is 0 Å². The van der Waals surface area contributed by atoms with Crippen molar-refractivity contribution in [2.75, 3.05) is 15.5 Å². The second kappa shape index (κ2) is 9.90. The van der Waals surface area contributed by atoms with E-state index in [0.717, 1.165) is 5.56 Å². The molecule has 1 aliphatic heterocycles. The Hall–Kier alpha value is -3.61. The maximum Gasteiger partial charge on any atom is 0.251 e. The van der Waals surface area contributed by atoms with Gasteiger partial charge in [-0.25, -0.2) is 0 Å². The highest BCUT2D eigenvalue weighted by Crippen LogP contribution is 2.33. The van der Waals surface area contributed by atoms with Crippen LogP contribution < -0.4 is 15.5 Å². The van der Waals surface area contributed by atoms with Crippen molar-refractivity contribution in [1.29, 1.82) is 0 Å². The first-order chi connectivity index (χ1) is 15.9. The molecule has 0 bridgehead atoms. The Morgan fingerprint density at radius 3 is 2.45 bits per heavy atom. The van der Waals surface area contributed by atoms with Crippen LogP contribution in [-0.2, 0) is 14.4 Å². The summed E-state index contributed by atoms with van der Waals surface area (Å²) in [4.78, 5) is 40.2. The summed E-state index contributed by atoms with van der Waals surface area (Å²) in [5.74, 6) is -1.30. The predicted molar refractivity (Wildman–Crippen MR) is 132 cm³/mol. The molecule has 0 saturated heterocycles. The quantitative estimate of drug-likeness (QED) is 0.481. The van der Waals surface area contributed by atoms with Gasteiger partial charge in [0.1, 0.15) is 6.04 Å². The molecule has 6 nitrogen and oxygen atoms in total. The van der Waals surface area contributed by atoms with Crippen LogP contribution >= 0.6 is 23.2 Å². The maximum atomic E-state index is 13.2. The predicted octanol–water partition coefficient (Wildman–Crippen LogP) is 5.39. The molecule has 0 radical (unpaired) electrons. The van der Waals surface area contributed by atoms with Crippen LogP contribution in [-0.4, -0.2) is 23.8 Å². The van der Waals surface area contributed by atoms with E-state index in [9.17, 15) is 14.4 Å². The zero-order chi connectivity index (χ0) is 23.4. The first-order valence-electron chi connectivity index (χ1n) is 10.1. The van der Waals surface area contributed by atoms with Crippen molar-refractivity contribution in [2.24, 2.45) is 0 Å². The van der Waals surface area contributed by atoms with Gasteiger partial charge >= 0.3 is 0 Å². The van der Waals surface area contributed by atoms with Crippen molar-refractivity contribution in [3.63, 3.8) is 0 Å². The molecule has 3 aromatic rings. The van der Waals surface area contributed by atoms with Crippen molar-refractivity contribution in [1.82, 2.24) is 0 Å². The molecule has 4 rings (SSSR count). The van der Waals surface area contributed by atoms with E-state index in [1.807, 2.05) is 30.3 Å². The number of hydrogen-bond donors (Lipinski definition) is 2. The summed E-state index contributed by atoms with van der Waals surface area (Å²) in [6.07, 6.45) is 2.82. The fraction of sp³-hybridized carbons (Fsp3) is 0.0800. The number of para-hydroxylation sites is 2. The Morgan fingerprint density at radius 1 is 0.970 bits per heavy atom. The standard InChI is InChI=1S/C25H19Cl2N3O3/c26-18-12-11-17(14-19(18)27)28-23(31)15-22-25(33)29-20-8-4-5-9-21(20)30(22)24(32)13-10-16-6-2-1-3-7-16/h1-14,22H,15H2,(H,28,31)(H,29,33)/b13-10+/t22-/m0/s1. The van der Waals surface area contributed by atoms with Crippen molar-refractivity contribution in [2.45, 2.75) is 12.5 Å². The molecule has 0 aliphatic carbocycles. The van der Waals surface area contributed by atoms with E-state index < -0.39 is 23.8 Å². The summed E-state index contributed by atoms with van der Waals surface area (Å²) in [6.45, 7) is 0. The highest BCUT2D eigenvalue weighted by atomic mass is 35.5. The largest absolute Gasteiger partial charge is 0.326 e. The van der Waals surface area contributed by atoms with E-state index in [1.54, 1.807) is 42.5 Å². The monoisotopic (exact) mass is 479 g/mol. The number of amides is 3. The van der Waals surface area contributed by atoms with Gasteiger partial charge in [-0.1, -0.05) is 65.7 Å². The molecule has 0 spiro atoms. The zero-order valence-corrected chi connectivity index (χ0v) is 18.8. The zero-order valence-electron chi connectivity index (χ0n) is 17.3. The number of carbonyl (C=O) groups excluding carboxylic acids is 3. The molecule has 1 heterocycles. The summed E-state index contributed by atoms with van der Waals surface area (Å²) in [5, 5.41) is 6.13. The van der Waals surface area contributed by atoms with E-state index in [1.165, 1.54) is 17.0 Å². The molecule has 0 unspecified atom stereocenters. The molecule has 0 saturated carbocycles. The van der Waals surface area contributed by atoms with Crippen LogP contribution in [0.2, 0.25) is 10.0 Å². The average molecular weight is 480 g/mol. The minimum Gasteiger partial charge on any atom is -0.326 e. The molecule has 166 valence electrons. The van der Waals surface area contributed by atoms with Crippen LogP contribution in [0.5, 0.6) is 0 Å². The Kier molecular flexibility index (Phi) is 6.77. The van der Waals surface area contributed by atoms with Gasteiger partial charge in [0.2, 0.25) is 11.8 Å². The minimum absolute atomic E-state index is 0.245. The van der Waals surface area contributed by atoms with Gasteiger partial charge in [-0.15, -0.1) is 0 Å². The molecule has 3 amide bonds. The SMILES string of the molecule is O=C(C[C@H]1C(=O)Nc2ccccc2N1C(=O)/C=C/c1ccccc1)Nc1ccc(Cl)c(Cl)c1. The Labute approximate surface area is 200 Å². The summed E-state index contributed by atoms with van der Waals surface area (Å²) in [7, 11) is 0. The number of rotatable bonds is 5. The van der Waals surface area contributed by atoms with Crippen LogP contribution in [0.4, 0.5) is 17.1 Å². The molecule has 1 aliphatic rings. The van der Waals surface area contributed by atoms with Crippen molar-refractivity contribution in [3.05, 3.63) is 94.5 Å². The van der Waals surface area contributed by atoms with E-state index in [2.05, 4.69) is 10.6 Å². The van der Waals surface area contributed by atoms with Crippen LogP contribution in [0.3, 0.4) is 0 Å². The molecule has 0 fully saturated rings. The fourth-order valence-corrected chi connectivity index (χ4v) is 3.82. The van der Waals surface area contributed by atoms with E-state index in [-0.39, 0.29) is 6.42 Å². The Balaban J connectivity index is 1.59. The summed E-state index contributed by atoms with van der Waals surface area (Å²) in [5.41, 5.74) is 2.31. The summed E-state index contributed by atoms with van der Waals surface area (Å²) in [6, 6.07) is 20.0. The van der Waals surface area contributed by atoms with Gasteiger partial charge in [0.15, 0.2) is 0 Å². The Morgan fingerprint density at radius 2 is 1.70 bits per heavy atom. The normalized spacial score (nSPS) is 15.2. The molecular weight excluding hydrogens is 461 g/mol. The van der Waals surface area contributed by atoms with Gasteiger partial charge in [-0.3, -0.25) is 19.3 Å². The lowest BCUT2D eigenvalue weighted by Gasteiger charge is -2.35. The van der Waals surface area contributed by atoms with E-state index >= 15 is 0 Å². The van der Waals surface area contributed by atoms with Crippen LogP contribution in [0.1, 0.15) is 12.0 Å². The van der Waals surface area contributed by atoms with Gasteiger partial charge in [0.25, 0.3) is 5.91 Å². The Bertz CT molecular complexity index is 1240. The number of benzene rings is 3.